The van der Waals surface area contributed by atoms with E-state index in [4.69, 9.17) is 0 Å². The van der Waals surface area contributed by atoms with Crippen LogP contribution in [-0.4, -0.2) is 0 Å². The maximum absolute atomic E-state index is 2.31. The number of fused-ring (bicyclic) bond motifs is 1. The molecular formula is C17H18S. The van der Waals surface area contributed by atoms with E-state index in [1.807, 2.05) is 11.3 Å². The van der Waals surface area contributed by atoms with Crippen LogP contribution in [0.4, 0.5) is 0 Å². The van der Waals surface area contributed by atoms with Gasteiger partial charge in [-0.2, -0.15) is 0 Å². The van der Waals surface area contributed by atoms with Crippen LogP contribution in [-0.2, 0) is 6.42 Å². The van der Waals surface area contributed by atoms with Crippen LogP contribution in [0.5, 0.6) is 0 Å². The summed E-state index contributed by atoms with van der Waals surface area (Å²) in [4.78, 5) is 1.45. The van der Waals surface area contributed by atoms with Gasteiger partial charge in [0, 0.05) is 4.88 Å². The van der Waals surface area contributed by atoms with Crippen molar-refractivity contribution >= 4 is 17.4 Å². The molecule has 0 aliphatic heterocycles. The Morgan fingerprint density at radius 2 is 1.89 bits per heavy atom. The van der Waals surface area contributed by atoms with E-state index in [0.29, 0.717) is 5.92 Å². The Morgan fingerprint density at radius 3 is 2.61 bits per heavy atom. The zero-order chi connectivity index (χ0) is 12.5. The molecule has 18 heavy (non-hydrogen) atoms. The number of thiophene rings is 1. The maximum Gasteiger partial charge on any atom is 0.0305 e. The second-order valence-electron chi connectivity index (χ2n) is 5.21. The number of hydrogen-bond donors (Lipinski definition) is 0. The first kappa shape index (κ1) is 11.7. The number of rotatable bonds is 2. The van der Waals surface area contributed by atoms with E-state index in [0.717, 1.165) is 0 Å². The predicted octanol–water partition coefficient (Wildman–Crippen LogP) is 5.50. The van der Waals surface area contributed by atoms with Crippen LogP contribution in [0.1, 0.15) is 42.2 Å². The molecule has 0 N–H and O–H groups in total. The monoisotopic (exact) mass is 254 g/mol. The number of benzene rings is 1. The Morgan fingerprint density at radius 1 is 1.11 bits per heavy atom. The maximum atomic E-state index is 2.31. The first-order chi connectivity index (χ1) is 8.75. The van der Waals surface area contributed by atoms with Crippen LogP contribution in [0, 0.1) is 0 Å². The van der Waals surface area contributed by atoms with Gasteiger partial charge in [-0.3, -0.25) is 0 Å². The van der Waals surface area contributed by atoms with Crippen molar-refractivity contribution in [2.24, 2.45) is 0 Å². The van der Waals surface area contributed by atoms with Crippen molar-refractivity contribution in [3.05, 3.63) is 51.7 Å². The highest BCUT2D eigenvalue weighted by molar-refractivity contribution is 7.11. The van der Waals surface area contributed by atoms with E-state index in [-0.39, 0.29) is 0 Å². The van der Waals surface area contributed by atoms with Gasteiger partial charge in [0.2, 0.25) is 0 Å². The standard InChI is InChI=1S/C17H18S/c1-12(2)13-7-9-14(10-8-13)16-11-18-17-6-4-3-5-15(16)17/h4,6-12H,3,5H2,1-2H3. The first-order valence-electron chi connectivity index (χ1n) is 6.63. The van der Waals surface area contributed by atoms with Crippen molar-refractivity contribution < 1.29 is 0 Å². The van der Waals surface area contributed by atoms with Crippen LogP contribution in [0.3, 0.4) is 0 Å². The minimum atomic E-state index is 0.610. The molecule has 0 saturated heterocycles. The largest absolute Gasteiger partial charge is 0.144 e. The Bertz CT molecular complexity index is 570. The molecule has 0 unspecified atom stereocenters. The Kier molecular flexibility index (Phi) is 3.09. The lowest BCUT2D eigenvalue weighted by Crippen LogP contribution is -1.92. The highest BCUT2D eigenvalue weighted by Crippen LogP contribution is 2.36. The smallest absolute Gasteiger partial charge is 0.0305 e. The summed E-state index contributed by atoms with van der Waals surface area (Å²) in [6, 6.07) is 9.08. The Labute approximate surface area is 113 Å². The third-order valence-electron chi connectivity index (χ3n) is 3.64. The molecule has 1 aromatic carbocycles. The summed E-state index contributed by atoms with van der Waals surface area (Å²) in [6.07, 6.45) is 6.93. The SMILES string of the molecule is CC(C)c1ccc(-c2csc3c2CCC=C3)cc1. The van der Waals surface area contributed by atoms with E-state index in [2.05, 4.69) is 55.6 Å². The van der Waals surface area contributed by atoms with Crippen molar-refractivity contribution in [1.82, 2.24) is 0 Å². The molecule has 1 heteroatoms. The summed E-state index contributed by atoms with van der Waals surface area (Å²) in [5.74, 6) is 0.610. The summed E-state index contributed by atoms with van der Waals surface area (Å²) >= 11 is 1.87. The summed E-state index contributed by atoms with van der Waals surface area (Å²) in [5, 5.41) is 2.31. The molecule has 0 bridgehead atoms. The zero-order valence-electron chi connectivity index (χ0n) is 10.9. The third-order valence-corrected chi connectivity index (χ3v) is 4.63. The third kappa shape index (κ3) is 2.04. The van der Waals surface area contributed by atoms with E-state index < -0.39 is 0 Å². The fourth-order valence-electron chi connectivity index (χ4n) is 2.50. The second-order valence-corrected chi connectivity index (χ2v) is 6.12. The second kappa shape index (κ2) is 4.74. The lowest BCUT2D eigenvalue weighted by molar-refractivity contribution is 0.867. The van der Waals surface area contributed by atoms with Gasteiger partial charge in [-0.25, -0.2) is 0 Å². The fraction of sp³-hybridized carbons (Fsp3) is 0.294. The van der Waals surface area contributed by atoms with Crippen LogP contribution in [0.15, 0.2) is 35.7 Å². The molecule has 0 spiro atoms. The average molecular weight is 254 g/mol. The van der Waals surface area contributed by atoms with Gasteiger partial charge in [-0.05, 0) is 52.5 Å². The number of allylic oxidation sites excluding steroid dienone is 1. The Balaban J connectivity index is 2.00. The molecule has 1 aliphatic rings. The molecule has 2 aromatic rings. The molecule has 0 fully saturated rings. The van der Waals surface area contributed by atoms with Crippen molar-refractivity contribution in [2.45, 2.75) is 32.6 Å². The van der Waals surface area contributed by atoms with E-state index in [1.165, 1.54) is 34.4 Å². The highest BCUT2D eigenvalue weighted by atomic mass is 32.1. The number of hydrogen-bond acceptors (Lipinski definition) is 1. The minimum absolute atomic E-state index is 0.610. The van der Waals surface area contributed by atoms with Gasteiger partial charge in [0.05, 0.1) is 0 Å². The fourth-order valence-corrected chi connectivity index (χ4v) is 3.56. The topological polar surface area (TPSA) is 0 Å². The minimum Gasteiger partial charge on any atom is -0.144 e. The summed E-state index contributed by atoms with van der Waals surface area (Å²) in [7, 11) is 0. The molecule has 0 nitrogen and oxygen atoms in total. The highest BCUT2D eigenvalue weighted by Gasteiger charge is 2.13. The van der Waals surface area contributed by atoms with Crippen LogP contribution >= 0.6 is 11.3 Å². The molecule has 1 aromatic heterocycles. The summed E-state index contributed by atoms with van der Waals surface area (Å²) in [6.45, 7) is 4.48. The van der Waals surface area contributed by atoms with Gasteiger partial charge >= 0.3 is 0 Å². The molecule has 0 radical (unpaired) electrons. The lowest BCUT2D eigenvalue weighted by atomic mass is 9.94. The molecule has 3 rings (SSSR count). The molecule has 1 heterocycles. The normalized spacial score (nSPS) is 13.9. The predicted molar refractivity (Wildman–Crippen MR) is 81.2 cm³/mol. The quantitative estimate of drug-likeness (QED) is 0.664. The lowest BCUT2D eigenvalue weighted by Gasteiger charge is -2.10. The molecule has 0 saturated carbocycles. The molecule has 0 atom stereocenters. The van der Waals surface area contributed by atoms with Crippen molar-refractivity contribution in [1.29, 1.82) is 0 Å². The van der Waals surface area contributed by atoms with Crippen LogP contribution in [0.2, 0.25) is 0 Å². The average Bonchev–Trinajstić information content (AvgIpc) is 2.82. The Hall–Kier alpha value is -1.34. The van der Waals surface area contributed by atoms with Crippen molar-refractivity contribution in [3.8, 4) is 11.1 Å². The summed E-state index contributed by atoms with van der Waals surface area (Å²) < 4.78 is 0. The zero-order valence-corrected chi connectivity index (χ0v) is 11.8. The van der Waals surface area contributed by atoms with Crippen LogP contribution in [0.25, 0.3) is 17.2 Å². The molecular weight excluding hydrogens is 236 g/mol. The van der Waals surface area contributed by atoms with Gasteiger partial charge in [0.15, 0.2) is 0 Å². The van der Waals surface area contributed by atoms with Gasteiger partial charge in [0.25, 0.3) is 0 Å². The van der Waals surface area contributed by atoms with Crippen LogP contribution < -0.4 is 0 Å². The van der Waals surface area contributed by atoms with Gasteiger partial charge in [-0.1, -0.05) is 44.2 Å². The van der Waals surface area contributed by atoms with Gasteiger partial charge < -0.3 is 0 Å². The van der Waals surface area contributed by atoms with Crippen molar-refractivity contribution in [3.63, 3.8) is 0 Å². The van der Waals surface area contributed by atoms with Crippen molar-refractivity contribution in [2.75, 3.05) is 0 Å². The molecule has 1 aliphatic carbocycles. The van der Waals surface area contributed by atoms with E-state index in [9.17, 15) is 0 Å². The molecule has 92 valence electrons. The molecule has 0 amide bonds. The van der Waals surface area contributed by atoms with Gasteiger partial charge in [0.1, 0.15) is 0 Å². The van der Waals surface area contributed by atoms with E-state index in [1.54, 1.807) is 5.56 Å². The van der Waals surface area contributed by atoms with E-state index >= 15 is 0 Å². The summed E-state index contributed by atoms with van der Waals surface area (Å²) in [5.41, 5.74) is 5.77. The first-order valence-corrected chi connectivity index (χ1v) is 7.51. The van der Waals surface area contributed by atoms with Gasteiger partial charge in [-0.15, -0.1) is 11.3 Å².